The second kappa shape index (κ2) is 7.99. The lowest BCUT2D eigenvalue weighted by Gasteiger charge is -2.36. The Labute approximate surface area is 155 Å². The monoisotopic (exact) mass is 356 g/mol. The predicted octanol–water partition coefficient (Wildman–Crippen LogP) is 2.77. The second-order valence-electron chi connectivity index (χ2n) is 7.43. The molecule has 3 rings (SSSR count). The van der Waals surface area contributed by atoms with E-state index in [1.54, 1.807) is 0 Å². The van der Waals surface area contributed by atoms with Gasteiger partial charge in [0.1, 0.15) is 6.04 Å². The van der Waals surface area contributed by atoms with Crippen molar-refractivity contribution < 1.29 is 9.32 Å². The summed E-state index contributed by atoms with van der Waals surface area (Å²) in [5.74, 6) is 2.09. The van der Waals surface area contributed by atoms with Gasteiger partial charge in [-0.25, -0.2) is 0 Å². The summed E-state index contributed by atoms with van der Waals surface area (Å²) in [5, 5.41) is 3.99. The van der Waals surface area contributed by atoms with Gasteiger partial charge in [-0.15, -0.1) is 0 Å². The molecule has 6 nitrogen and oxygen atoms in total. The highest BCUT2D eigenvalue weighted by atomic mass is 16.5. The van der Waals surface area contributed by atoms with Crippen molar-refractivity contribution in [3.8, 4) is 0 Å². The Hall–Kier alpha value is -2.21. The van der Waals surface area contributed by atoms with Gasteiger partial charge in [0.05, 0.1) is 0 Å². The summed E-state index contributed by atoms with van der Waals surface area (Å²) in [7, 11) is 3.95. The Morgan fingerprint density at radius 3 is 2.54 bits per heavy atom. The molecule has 1 aromatic carbocycles. The number of likely N-dealkylation sites (tertiary alicyclic amines) is 1. The smallest absolute Gasteiger partial charge is 0.244 e. The van der Waals surface area contributed by atoms with Crippen LogP contribution in [0.1, 0.15) is 41.7 Å². The van der Waals surface area contributed by atoms with Gasteiger partial charge in [-0.05, 0) is 50.9 Å². The van der Waals surface area contributed by atoms with Crippen molar-refractivity contribution in [3.63, 3.8) is 0 Å². The molecular weight excluding hydrogens is 328 g/mol. The Balaban J connectivity index is 1.64. The molecule has 0 saturated carbocycles. The molecular formula is C20H28N4O2. The Kier molecular flexibility index (Phi) is 5.71. The van der Waals surface area contributed by atoms with E-state index in [1.165, 1.54) is 0 Å². The summed E-state index contributed by atoms with van der Waals surface area (Å²) in [4.78, 5) is 21.5. The van der Waals surface area contributed by atoms with E-state index in [0.717, 1.165) is 49.3 Å². The van der Waals surface area contributed by atoms with Crippen LogP contribution >= 0.6 is 0 Å². The molecule has 1 atom stereocenters. The molecule has 2 aromatic rings. The highest BCUT2D eigenvalue weighted by Gasteiger charge is 2.31. The Morgan fingerprint density at radius 1 is 1.27 bits per heavy atom. The highest BCUT2D eigenvalue weighted by molar-refractivity contribution is 5.83. The first-order chi connectivity index (χ1) is 12.5. The number of carbonyl (C=O) groups excluding carboxylic acids is 1. The van der Waals surface area contributed by atoms with Crippen LogP contribution in [0.15, 0.2) is 28.8 Å². The van der Waals surface area contributed by atoms with Crippen LogP contribution in [0.2, 0.25) is 0 Å². The number of hydrogen-bond donors (Lipinski definition) is 0. The predicted molar refractivity (Wildman–Crippen MR) is 99.7 cm³/mol. The van der Waals surface area contributed by atoms with Crippen molar-refractivity contribution in [2.24, 2.45) is 5.92 Å². The average molecular weight is 356 g/mol. The molecule has 1 saturated heterocycles. The maximum absolute atomic E-state index is 13.2. The van der Waals surface area contributed by atoms with Crippen LogP contribution < -0.4 is 0 Å². The molecule has 1 aromatic heterocycles. The van der Waals surface area contributed by atoms with E-state index in [-0.39, 0.29) is 11.9 Å². The number of likely N-dealkylation sites (N-methyl/N-ethyl adjacent to an activating group) is 1. The minimum Gasteiger partial charge on any atom is -0.341 e. The number of piperidine rings is 1. The summed E-state index contributed by atoms with van der Waals surface area (Å²) in [5.41, 5.74) is 2.24. The zero-order chi connectivity index (χ0) is 18.7. The van der Waals surface area contributed by atoms with E-state index >= 15 is 0 Å². The van der Waals surface area contributed by atoms with E-state index in [0.29, 0.717) is 11.8 Å². The third-order valence-corrected chi connectivity index (χ3v) is 5.20. The van der Waals surface area contributed by atoms with Crippen molar-refractivity contribution in [1.82, 2.24) is 19.9 Å². The van der Waals surface area contributed by atoms with Crippen molar-refractivity contribution in [2.75, 3.05) is 27.2 Å². The molecule has 140 valence electrons. The molecule has 0 bridgehead atoms. The quantitative estimate of drug-likeness (QED) is 0.824. The molecule has 6 heteroatoms. The topological polar surface area (TPSA) is 62.5 Å². The van der Waals surface area contributed by atoms with Gasteiger partial charge in [-0.3, -0.25) is 9.69 Å². The summed E-state index contributed by atoms with van der Waals surface area (Å²) in [6, 6.07) is 7.92. The van der Waals surface area contributed by atoms with E-state index in [2.05, 4.69) is 29.2 Å². The molecule has 0 aliphatic carbocycles. The second-order valence-corrected chi connectivity index (χ2v) is 7.43. The minimum atomic E-state index is -0.229. The minimum absolute atomic E-state index is 0.193. The third-order valence-electron chi connectivity index (χ3n) is 5.20. The first-order valence-corrected chi connectivity index (χ1v) is 9.25. The Morgan fingerprint density at radius 2 is 1.96 bits per heavy atom. The van der Waals surface area contributed by atoms with Gasteiger partial charge < -0.3 is 9.42 Å². The van der Waals surface area contributed by atoms with E-state index in [1.807, 2.05) is 43.0 Å². The fourth-order valence-corrected chi connectivity index (χ4v) is 3.74. The number of benzene rings is 1. The van der Waals surface area contributed by atoms with Crippen molar-refractivity contribution in [1.29, 1.82) is 0 Å². The number of hydrogen-bond acceptors (Lipinski definition) is 5. The van der Waals surface area contributed by atoms with E-state index in [9.17, 15) is 4.79 Å². The number of rotatable bonds is 5. The van der Waals surface area contributed by atoms with Gasteiger partial charge in [0.2, 0.25) is 11.8 Å². The lowest BCUT2D eigenvalue weighted by atomic mass is 9.92. The molecule has 1 unspecified atom stereocenters. The van der Waals surface area contributed by atoms with Crippen LogP contribution in [-0.2, 0) is 11.2 Å². The van der Waals surface area contributed by atoms with Crippen LogP contribution in [0.3, 0.4) is 0 Å². The van der Waals surface area contributed by atoms with E-state index < -0.39 is 0 Å². The number of aryl methyl sites for hydroxylation is 2. The van der Waals surface area contributed by atoms with Crippen LogP contribution in [0.4, 0.5) is 0 Å². The summed E-state index contributed by atoms with van der Waals surface area (Å²) < 4.78 is 5.05. The number of amides is 1. The van der Waals surface area contributed by atoms with Crippen molar-refractivity contribution in [2.45, 2.75) is 39.2 Å². The molecule has 1 amide bonds. The molecule has 0 spiro atoms. The van der Waals surface area contributed by atoms with Gasteiger partial charge in [-0.2, -0.15) is 4.98 Å². The fourth-order valence-electron chi connectivity index (χ4n) is 3.74. The third kappa shape index (κ3) is 4.12. The van der Waals surface area contributed by atoms with Crippen molar-refractivity contribution >= 4 is 5.91 Å². The summed E-state index contributed by atoms with van der Waals surface area (Å²) in [6.45, 7) is 5.45. The standard InChI is InChI=1S/C20H28N4O2/c1-14-7-5-6-8-17(14)19(23(3)4)20(25)24-11-9-16(10-12-24)13-18-21-15(2)26-22-18/h5-8,16,19H,9-13H2,1-4H3. The summed E-state index contributed by atoms with van der Waals surface area (Å²) in [6.07, 6.45) is 2.79. The molecule has 1 aliphatic heterocycles. The molecule has 26 heavy (non-hydrogen) atoms. The lowest BCUT2D eigenvalue weighted by molar-refractivity contribution is -0.137. The zero-order valence-electron chi connectivity index (χ0n) is 16.1. The zero-order valence-corrected chi connectivity index (χ0v) is 16.1. The summed E-state index contributed by atoms with van der Waals surface area (Å²) >= 11 is 0. The van der Waals surface area contributed by atoms with Gasteiger partial charge in [-0.1, -0.05) is 29.4 Å². The number of aromatic nitrogens is 2. The number of carbonyl (C=O) groups is 1. The van der Waals surface area contributed by atoms with Gasteiger partial charge in [0.15, 0.2) is 5.82 Å². The molecule has 1 aliphatic rings. The van der Waals surface area contributed by atoms with E-state index in [4.69, 9.17) is 4.52 Å². The first kappa shape index (κ1) is 18.6. The van der Waals surface area contributed by atoms with Gasteiger partial charge in [0, 0.05) is 26.4 Å². The normalized spacial score (nSPS) is 16.9. The molecule has 0 radical (unpaired) electrons. The largest absolute Gasteiger partial charge is 0.341 e. The van der Waals surface area contributed by atoms with Crippen LogP contribution in [-0.4, -0.2) is 53.0 Å². The van der Waals surface area contributed by atoms with Crippen molar-refractivity contribution in [3.05, 3.63) is 47.1 Å². The average Bonchev–Trinajstić information content (AvgIpc) is 3.02. The number of nitrogens with zero attached hydrogens (tertiary/aromatic N) is 4. The van der Waals surface area contributed by atoms with Crippen LogP contribution in [0.25, 0.3) is 0 Å². The first-order valence-electron chi connectivity index (χ1n) is 9.25. The molecule has 0 N–H and O–H groups in total. The maximum atomic E-state index is 13.2. The lowest BCUT2D eigenvalue weighted by Crippen LogP contribution is -2.45. The maximum Gasteiger partial charge on any atom is 0.244 e. The van der Waals surface area contributed by atoms with Crippen LogP contribution in [0, 0.1) is 19.8 Å². The van der Waals surface area contributed by atoms with Gasteiger partial charge >= 0.3 is 0 Å². The highest BCUT2D eigenvalue weighted by Crippen LogP contribution is 2.27. The Bertz CT molecular complexity index is 748. The fraction of sp³-hybridized carbons (Fsp3) is 0.550. The molecule has 2 heterocycles. The molecule has 1 fully saturated rings. The van der Waals surface area contributed by atoms with Gasteiger partial charge in [0.25, 0.3) is 0 Å². The SMILES string of the molecule is Cc1nc(CC2CCN(C(=O)C(c3ccccc3C)N(C)C)CC2)no1. The van der Waals surface area contributed by atoms with Crippen LogP contribution in [0.5, 0.6) is 0 Å².